The maximum absolute atomic E-state index is 5.56. The van der Waals surface area contributed by atoms with Crippen LogP contribution in [0.1, 0.15) is 0 Å². The second-order valence-electron chi connectivity index (χ2n) is 1.68. The Labute approximate surface area is 74.8 Å². The third kappa shape index (κ3) is 2.11. The number of halogens is 1. The first-order chi connectivity index (χ1) is 4.34. The maximum atomic E-state index is 5.56. The first-order valence-corrected chi connectivity index (χ1v) is 3.56. The Morgan fingerprint density at radius 2 is 2.50 bits per heavy atom. The number of anilines is 1. The lowest BCUT2D eigenvalue weighted by Gasteiger charge is -1.87. The molecule has 0 aliphatic carbocycles. The van der Waals surface area contributed by atoms with Crippen LogP contribution in [0.5, 0.6) is 0 Å². The standard InChI is InChI=1S/C6H8N2S.BrH/c1-2-3-8-4-5-9-6(8)7;/h2,4-5,7H,1,3H2;1H. The minimum Gasteiger partial charge on any atom is -1.00 e. The normalized spacial score (nSPS) is 8.40. The van der Waals surface area contributed by atoms with Crippen molar-refractivity contribution in [3.8, 4) is 0 Å². The summed E-state index contributed by atoms with van der Waals surface area (Å²) < 4.78 is 1.94. The summed E-state index contributed by atoms with van der Waals surface area (Å²) in [6.45, 7) is 4.41. The SMILES string of the molecule is C=CC[n+]1ccsc1N.[Br-]. The highest BCUT2D eigenvalue weighted by Gasteiger charge is 2.00. The van der Waals surface area contributed by atoms with E-state index in [0.29, 0.717) is 0 Å². The fourth-order valence-corrected chi connectivity index (χ4v) is 1.22. The molecule has 0 bridgehead atoms. The lowest BCUT2D eigenvalue weighted by atomic mass is 10.6. The van der Waals surface area contributed by atoms with Crippen LogP contribution in [0, 0.1) is 0 Å². The molecule has 4 heteroatoms. The molecule has 1 heterocycles. The van der Waals surface area contributed by atoms with Gasteiger partial charge in [-0.1, -0.05) is 24.0 Å². The van der Waals surface area contributed by atoms with Crippen LogP contribution >= 0.6 is 11.3 Å². The molecule has 2 nitrogen and oxygen atoms in total. The van der Waals surface area contributed by atoms with Gasteiger partial charge in [-0.2, -0.15) is 0 Å². The predicted octanol–water partition coefficient (Wildman–Crippen LogP) is -2.19. The van der Waals surface area contributed by atoms with Crippen LogP contribution in [0.25, 0.3) is 0 Å². The van der Waals surface area contributed by atoms with Gasteiger partial charge in [0.25, 0.3) is 0 Å². The molecule has 0 aliphatic heterocycles. The van der Waals surface area contributed by atoms with Crippen molar-refractivity contribution in [2.45, 2.75) is 6.54 Å². The Morgan fingerprint density at radius 3 is 2.90 bits per heavy atom. The number of hydrogen-bond donors (Lipinski definition) is 1. The zero-order chi connectivity index (χ0) is 6.69. The molecule has 10 heavy (non-hydrogen) atoms. The Hall–Kier alpha value is -0.350. The summed E-state index contributed by atoms with van der Waals surface area (Å²) in [7, 11) is 0. The molecule has 0 saturated heterocycles. The minimum absolute atomic E-state index is 0. The number of nitrogens with two attached hydrogens (primary N) is 1. The summed E-state index contributed by atoms with van der Waals surface area (Å²) in [6, 6.07) is 0. The molecule has 2 N–H and O–H groups in total. The fraction of sp³-hybridized carbons (Fsp3) is 0.167. The van der Waals surface area contributed by atoms with Crippen LogP contribution in [0.2, 0.25) is 0 Å². The van der Waals surface area contributed by atoms with Gasteiger partial charge in [0.1, 0.15) is 12.7 Å². The monoisotopic (exact) mass is 220 g/mol. The number of thiazole rings is 1. The molecule has 0 atom stereocenters. The average Bonchev–Trinajstić information content (AvgIpc) is 2.18. The van der Waals surface area contributed by atoms with Crippen LogP contribution in [-0.2, 0) is 6.54 Å². The lowest BCUT2D eigenvalue weighted by molar-refractivity contribution is -0.668. The minimum atomic E-state index is 0. The van der Waals surface area contributed by atoms with E-state index >= 15 is 0 Å². The molecule has 1 aromatic rings. The quantitative estimate of drug-likeness (QED) is 0.446. The second-order valence-corrected chi connectivity index (χ2v) is 2.61. The lowest BCUT2D eigenvalue weighted by Crippen LogP contribution is -3.00. The molecule has 0 aliphatic rings. The smallest absolute Gasteiger partial charge is 0.331 e. The Kier molecular flexibility index (Phi) is 4.31. The third-order valence-corrected chi connectivity index (χ3v) is 1.77. The van der Waals surface area contributed by atoms with Crippen molar-refractivity contribution in [1.82, 2.24) is 0 Å². The number of nitrogens with zero attached hydrogens (tertiary/aromatic N) is 1. The van der Waals surface area contributed by atoms with E-state index in [9.17, 15) is 0 Å². The van der Waals surface area contributed by atoms with E-state index < -0.39 is 0 Å². The summed E-state index contributed by atoms with van der Waals surface area (Å²) in [5, 5.41) is 2.79. The first-order valence-electron chi connectivity index (χ1n) is 2.68. The first kappa shape index (κ1) is 9.65. The van der Waals surface area contributed by atoms with Crippen LogP contribution in [0.3, 0.4) is 0 Å². The van der Waals surface area contributed by atoms with E-state index in [2.05, 4.69) is 6.58 Å². The van der Waals surface area contributed by atoms with E-state index in [1.54, 1.807) is 0 Å². The summed E-state index contributed by atoms with van der Waals surface area (Å²) in [6.07, 6.45) is 3.77. The zero-order valence-corrected chi connectivity index (χ0v) is 7.86. The van der Waals surface area contributed by atoms with E-state index in [1.807, 2.05) is 22.2 Å². The molecule has 0 aromatic carbocycles. The molecule has 0 amide bonds. The van der Waals surface area contributed by atoms with E-state index in [4.69, 9.17) is 5.73 Å². The molecule has 1 rings (SSSR count). The predicted molar refractivity (Wildman–Crippen MR) is 39.1 cm³/mol. The highest BCUT2D eigenvalue weighted by molar-refractivity contribution is 7.12. The number of nitrogen functional groups attached to an aromatic ring is 1. The topological polar surface area (TPSA) is 29.9 Å². The Balaban J connectivity index is 0.000000810. The molecular weight excluding hydrogens is 212 g/mol. The van der Waals surface area contributed by atoms with Crippen molar-refractivity contribution in [2.24, 2.45) is 0 Å². The van der Waals surface area contributed by atoms with Gasteiger partial charge in [-0.05, 0) is 0 Å². The fourth-order valence-electron chi connectivity index (χ4n) is 0.605. The summed E-state index contributed by atoms with van der Waals surface area (Å²) in [4.78, 5) is 0. The molecule has 0 saturated carbocycles. The molecule has 1 aromatic heterocycles. The highest BCUT2D eigenvalue weighted by atomic mass is 79.9. The van der Waals surface area contributed by atoms with Crippen molar-refractivity contribution in [2.75, 3.05) is 5.73 Å². The number of hydrogen-bond acceptors (Lipinski definition) is 2. The van der Waals surface area contributed by atoms with E-state index in [-0.39, 0.29) is 17.0 Å². The van der Waals surface area contributed by atoms with Crippen molar-refractivity contribution in [1.29, 1.82) is 0 Å². The largest absolute Gasteiger partial charge is 1.00 e. The van der Waals surface area contributed by atoms with Crippen LogP contribution in [0.4, 0.5) is 5.13 Å². The molecule has 0 fully saturated rings. The summed E-state index contributed by atoms with van der Waals surface area (Å²) in [5.74, 6) is 0. The van der Waals surface area contributed by atoms with Gasteiger partial charge in [-0.25, -0.2) is 4.57 Å². The Bertz CT molecular complexity index is 209. The van der Waals surface area contributed by atoms with Gasteiger partial charge in [0, 0.05) is 5.38 Å². The molecule has 56 valence electrons. The maximum Gasteiger partial charge on any atom is 0.331 e. The van der Waals surface area contributed by atoms with Gasteiger partial charge in [-0.3, -0.25) is 5.73 Å². The van der Waals surface area contributed by atoms with Crippen molar-refractivity contribution >= 4 is 16.5 Å². The van der Waals surface area contributed by atoms with Gasteiger partial charge in [-0.15, -0.1) is 0 Å². The van der Waals surface area contributed by atoms with E-state index in [1.165, 1.54) is 11.3 Å². The van der Waals surface area contributed by atoms with Crippen molar-refractivity contribution in [3.05, 3.63) is 24.2 Å². The summed E-state index contributed by atoms with van der Waals surface area (Å²) >= 11 is 1.54. The van der Waals surface area contributed by atoms with Crippen LogP contribution in [-0.4, -0.2) is 0 Å². The van der Waals surface area contributed by atoms with Crippen LogP contribution < -0.4 is 27.3 Å². The number of rotatable bonds is 2. The third-order valence-electron chi connectivity index (χ3n) is 1.04. The van der Waals surface area contributed by atoms with Gasteiger partial charge in [0.15, 0.2) is 0 Å². The highest BCUT2D eigenvalue weighted by Crippen LogP contribution is 2.01. The van der Waals surface area contributed by atoms with Gasteiger partial charge in [0.2, 0.25) is 0 Å². The van der Waals surface area contributed by atoms with Gasteiger partial charge in [0.05, 0.1) is 0 Å². The van der Waals surface area contributed by atoms with E-state index in [0.717, 1.165) is 11.7 Å². The molecule has 0 radical (unpaired) electrons. The molecule has 0 unspecified atom stereocenters. The van der Waals surface area contributed by atoms with Gasteiger partial charge >= 0.3 is 5.13 Å². The van der Waals surface area contributed by atoms with Gasteiger partial charge < -0.3 is 17.0 Å². The molecular formula is C6H9BrN2S. The number of allylic oxidation sites excluding steroid dienone is 1. The van der Waals surface area contributed by atoms with Crippen LogP contribution in [0.15, 0.2) is 24.2 Å². The second kappa shape index (κ2) is 4.46. The molecule has 0 spiro atoms. The Morgan fingerprint density at radius 1 is 1.80 bits per heavy atom. The van der Waals surface area contributed by atoms with Crippen molar-refractivity contribution < 1.29 is 21.5 Å². The number of aromatic nitrogens is 1. The average molecular weight is 221 g/mol. The van der Waals surface area contributed by atoms with Crippen molar-refractivity contribution in [3.63, 3.8) is 0 Å². The zero-order valence-electron chi connectivity index (χ0n) is 5.46. The summed E-state index contributed by atoms with van der Waals surface area (Å²) in [5.41, 5.74) is 5.56.